The number of hydrogen-bond acceptors (Lipinski definition) is 2. The van der Waals surface area contributed by atoms with Crippen LogP contribution in [0.2, 0.25) is 0 Å². The third kappa shape index (κ3) is 3.33. The number of aliphatic imine (C=N–C) groups is 1. The quantitative estimate of drug-likeness (QED) is 0.626. The van der Waals surface area contributed by atoms with Gasteiger partial charge in [-0.15, -0.1) is 0 Å². The summed E-state index contributed by atoms with van der Waals surface area (Å²) >= 11 is 0.139. The molecule has 2 nitrogen and oxygen atoms in total. The second-order valence-corrected chi connectivity index (χ2v) is 7.61. The van der Waals surface area contributed by atoms with Gasteiger partial charge in [-0.3, -0.25) is 0 Å². The minimum atomic E-state index is 0.139. The van der Waals surface area contributed by atoms with Crippen LogP contribution in [0, 0.1) is 0 Å². The molecule has 0 unspecified atom stereocenters. The average Bonchev–Trinajstić information content (AvgIpc) is 2.63. The van der Waals surface area contributed by atoms with Gasteiger partial charge in [-0.25, -0.2) is 0 Å². The van der Waals surface area contributed by atoms with Crippen molar-refractivity contribution in [2.45, 2.75) is 0 Å². The van der Waals surface area contributed by atoms with Gasteiger partial charge in [0.2, 0.25) is 0 Å². The second-order valence-electron chi connectivity index (χ2n) is 5.45. The molecule has 4 rings (SSSR count). The number of nitrogens with zero attached hydrogens (tertiary/aromatic N) is 1. The Morgan fingerprint density at radius 1 is 0.750 bits per heavy atom. The van der Waals surface area contributed by atoms with Crippen molar-refractivity contribution in [3.05, 3.63) is 96.1 Å². The number of fused-ring (bicyclic) bond motifs is 1. The molecular weight excluding hydrogens is 359 g/mol. The Morgan fingerprint density at radius 3 is 2.21 bits per heavy atom. The van der Waals surface area contributed by atoms with Crippen LogP contribution in [0.1, 0.15) is 11.1 Å². The number of nitrogens with one attached hydrogen (secondary N) is 1. The molecule has 116 valence electrons. The Bertz CT molecular complexity index is 899. The zero-order valence-corrected chi connectivity index (χ0v) is 14.7. The van der Waals surface area contributed by atoms with Crippen LogP contribution < -0.4 is 5.32 Å². The first-order valence-corrected chi connectivity index (χ1v) is 9.54. The van der Waals surface area contributed by atoms with Crippen molar-refractivity contribution < 1.29 is 0 Å². The zero-order chi connectivity index (χ0) is 16.2. The van der Waals surface area contributed by atoms with Gasteiger partial charge in [0.15, 0.2) is 0 Å². The van der Waals surface area contributed by atoms with Crippen LogP contribution in [0.3, 0.4) is 0 Å². The summed E-state index contributed by atoms with van der Waals surface area (Å²) in [5, 5.41) is 3.47. The summed E-state index contributed by atoms with van der Waals surface area (Å²) in [7, 11) is 0. The predicted molar refractivity (Wildman–Crippen MR) is 104 cm³/mol. The van der Waals surface area contributed by atoms with Gasteiger partial charge in [-0.2, -0.15) is 0 Å². The number of anilines is 1. The molecule has 0 fully saturated rings. The van der Waals surface area contributed by atoms with Crippen molar-refractivity contribution in [2.75, 3.05) is 5.32 Å². The normalized spacial score (nSPS) is 14.8. The molecule has 0 radical (unpaired) electrons. The van der Waals surface area contributed by atoms with Gasteiger partial charge in [0.05, 0.1) is 0 Å². The molecule has 3 aromatic rings. The van der Waals surface area contributed by atoms with Gasteiger partial charge in [0.1, 0.15) is 0 Å². The van der Waals surface area contributed by atoms with Crippen LogP contribution in [-0.4, -0.2) is 19.7 Å². The SMILES string of the molecule is C(=C1\[Se]C(Nc2ccccc2)=Nc2ccccc21)/c1ccccc1. The summed E-state index contributed by atoms with van der Waals surface area (Å²) in [5.41, 5.74) is 4.58. The summed E-state index contributed by atoms with van der Waals surface area (Å²) in [5.74, 6) is 0. The third-order valence-electron chi connectivity index (χ3n) is 3.72. The van der Waals surface area contributed by atoms with Crippen LogP contribution in [0.5, 0.6) is 0 Å². The molecule has 0 aliphatic carbocycles. The number of hydrogen-bond donors (Lipinski definition) is 1. The minimum absolute atomic E-state index is 0.139. The predicted octanol–water partition coefficient (Wildman–Crippen LogP) is 5.00. The van der Waals surface area contributed by atoms with Gasteiger partial charge in [-0.05, 0) is 0 Å². The Balaban J connectivity index is 1.72. The first-order valence-electron chi connectivity index (χ1n) is 7.83. The van der Waals surface area contributed by atoms with Gasteiger partial charge in [0.25, 0.3) is 0 Å². The Morgan fingerprint density at radius 2 is 1.42 bits per heavy atom. The maximum absolute atomic E-state index is 4.83. The van der Waals surface area contributed by atoms with E-state index in [1.165, 1.54) is 15.6 Å². The summed E-state index contributed by atoms with van der Waals surface area (Å²) < 4.78 is 2.38. The number of rotatable bonds is 2. The molecule has 0 saturated heterocycles. The van der Waals surface area contributed by atoms with Crippen molar-refractivity contribution in [3.63, 3.8) is 0 Å². The fourth-order valence-corrected chi connectivity index (χ4v) is 4.67. The topological polar surface area (TPSA) is 24.4 Å². The van der Waals surface area contributed by atoms with E-state index in [-0.39, 0.29) is 15.0 Å². The van der Waals surface area contributed by atoms with E-state index in [2.05, 4.69) is 66.0 Å². The summed E-state index contributed by atoms with van der Waals surface area (Å²) in [6.07, 6.45) is 2.28. The molecule has 1 N–H and O–H groups in total. The van der Waals surface area contributed by atoms with Crippen LogP contribution >= 0.6 is 0 Å². The third-order valence-corrected chi connectivity index (χ3v) is 5.70. The second kappa shape index (κ2) is 6.88. The molecule has 1 heterocycles. The molecule has 1 aliphatic rings. The monoisotopic (exact) mass is 376 g/mol. The Labute approximate surface area is 148 Å². The van der Waals surface area contributed by atoms with Gasteiger partial charge < -0.3 is 0 Å². The van der Waals surface area contributed by atoms with E-state index in [0.717, 1.165) is 16.1 Å². The fraction of sp³-hybridized carbons (Fsp3) is 0. The van der Waals surface area contributed by atoms with Crippen molar-refractivity contribution in [2.24, 2.45) is 4.99 Å². The van der Waals surface area contributed by atoms with Crippen molar-refractivity contribution >= 4 is 41.6 Å². The molecule has 0 aromatic heterocycles. The van der Waals surface area contributed by atoms with Crippen LogP contribution in [0.25, 0.3) is 10.5 Å². The first kappa shape index (κ1) is 14.9. The molecule has 1 aliphatic heterocycles. The molecule has 0 spiro atoms. The number of para-hydroxylation sites is 2. The molecular formula is C21H16N2Se. The Hall–Kier alpha value is -2.61. The van der Waals surface area contributed by atoms with E-state index in [1.54, 1.807) is 0 Å². The van der Waals surface area contributed by atoms with Crippen LogP contribution in [0.4, 0.5) is 11.4 Å². The van der Waals surface area contributed by atoms with E-state index in [1.807, 2.05) is 30.3 Å². The average molecular weight is 375 g/mol. The zero-order valence-electron chi connectivity index (χ0n) is 13.0. The number of amidine groups is 1. The van der Waals surface area contributed by atoms with Crippen molar-refractivity contribution in [3.8, 4) is 0 Å². The van der Waals surface area contributed by atoms with E-state index in [4.69, 9.17) is 4.99 Å². The van der Waals surface area contributed by atoms with E-state index >= 15 is 0 Å². The standard InChI is InChI=1S/C21H16N2Se/c1-3-9-16(10-4-1)15-20-18-13-7-8-14-19(18)23-21(24-20)22-17-11-5-2-6-12-17/h1-15H,(H,22,23)/b20-15+. The molecule has 0 amide bonds. The van der Waals surface area contributed by atoms with Crippen molar-refractivity contribution in [1.82, 2.24) is 0 Å². The molecule has 3 heteroatoms. The molecule has 0 atom stereocenters. The van der Waals surface area contributed by atoms with Gasteiger partial charge in [-0.1, -0.05) is 0 Å². The molecule has 24 heavy (non-hydrogen) atoms. The van der Waals surface area contributed by atoms with E-state index in [0.29, 0.717) is 0 Å². The van der Waals surface area contributed by atoms with Gasteiger partial charge in [0, 0.05) is 0 Å². The first-order chi connectivity index (χ1) is 11.9. The van der Waals surface area contributed by atoms with Crippen LogP contribution in [0.15, 0.2) is 89.9 Å². The Kier molecular flexibility index (Phi) is 4.28. The van der Waals surface area contributed by atoms with E-state index < -0.39 is 0 Å². The summed E-state index contributed by atoms with van der Waals surface area (Å²) in [4.78, 5) is 4.83. The fourth-order valence-electron chi connectivity index (χ4n) is 2.58. The molecule has 0 saturated carbocycles. The van der Waals surface area contributed by atoms with E-state index in [9.17, 15) is 0 Å². The van der Waals surface area contributed by atoms with Crippen LogP contribution in [-0.2, 0) is 0 Å². The van der Waals surface area contributed by atoms with Gasteiger partial charge >= 0.3 is 148 Å². The van der Waals surface area contributed by atoms with Crippen molar-refractivity contribution in [1.29, 1.82) is 0 Å². The summed E-state index contributed by atoms with van der Waals surface area (Å²) in [6, 6.07) is 29.1. The molecule has 0 bridgehead atoms. The number of benzene rings is 3. The summed E-state index contributed by atoms with van der Waals surface area (Å²) in [6.45, 7) is 0. The molecule has 3 aromatic carbocycles. The maximum atomic E-state index is 4.83.